The van der Waals surface area contributed by atoms with Gasteiger partial charge in [-0.05, 0) is 37.0 Å². The molecule has 1 aliphatic rings. The van der Waals surface area contributed by atoms with E-state index in [1.165, 1.54) is 32.1 Å². The molecule has 1 aliphatic carbocycles. The molecule has 2 nitrogen and oxygen atoms in total. The van der Waals surface area contributed by atoms with Crippen molar-refractivity contribution in [2.45, 2.75) is 63.6 Å². The molecule has 106 valence electrons. The lowest BCUT2D eigenvalue weighted by Gasteiger charge is -2.31. The highest BCUT2D eigenvalue weighted by Crippen LogP contribution is 2.24. The van der Waals surface area contributed by atoms with Crippen molar-refractivity contribution in [2.75, 3.05) is 0 Å². The Bertz CT molecular complexity index is 373. The van der Waals surface area contributed by atoms with Crippen LogP contribution in [0.3, 0.4) is 0 Å². The first-order valence-corrected chi connectivity index (χ1v) is 7.78. The number of halogens is 1. The second-order valence-electron chi connectivity index (χ2n) is 5.51. The van der Waals surface area contributed by atoms with Gasteiger partial charge < -0.3 is 10.4 Å². The topological polar surface area (TPSA) is 32.3 Å². The maximum atomic E-state index is 10.5. The molecular formula is C16H24ClNO. The van der Waals surface area contributed by atoms with Crippen molar-refractivity contribution in [3.63, 3.8) is 0 Å². The van der Waals surface area contributed by atoms with Crippen LogP contribution in [-0.4, -0.2) is 17.2 Å². The van der Waals surface area contributed by atoms with Gasteiger partial charge in [0.2, 0.25) is 0 Å². The zero-order valence-electron chi connectivity index (χ0n) is 11.6. The summed E-state index contributed by atoms with van der Waals surface area (Å²) in [6, 6.07) is 8.21. The van der Waals surface area contributed by atoms with E-state index in [-0.39, 0.29) is 6.04 Å². The lowest BCUT2D eigenvalue weighted by molar-refractivity contribution is 0.114. The van der Waals surface area contributed by atoms with E-state index in [1.807, 2.05) is 24.3 Å². The number of aliphatic hydroxyl groups excluding tert-OH is 1. The van der Waals surface area contributed by atoms with E-state index < -0.39 is 6.10 Å². The Labute approximate surface area is 121 Å². The lowest BCUT2D eigenvalue weighted by atomic mass is 9.92. The largest absolute Gasteiger partial charge is 0.387 e. The first-order valence-electron chi connectivity index (χ1n) is 7.40. The van der Waals surface area contributed by atoms with E-state index in [0.29, 0.717) is 11.1 Å². The zero-order valence-corrected chi connectivity index (χ0v) is 12.4. The summed E-state index contributed by atoms with van der Waals surface area (Å²) in [5.41, 5.74) is 0.944. The normalized spacial score (nSPS) is 20.2. The number of nitrogens with one attached hydrogen (secondary N) is 1. The molecule has 1 aromatic rings. The van der Waals surface area contributed by atoms with Crippen LogP contribution in [0.5, 0.6) is 0 Å². The summed E-state index contributed by atoms with van der Waals surface area (Å²) in [5.74, 6) is 0. The predicted octanol–water partition coefficient (Wildman–Crippen LogP) is 4.07. The third kappa shape index (κ3) is 4.20. The van der Waals surface area contributed by atoms with Gasteiger partial charge in [-0.15, -0.1) is 0 Å². The smallest absolute Gasteiger partial charge is 0.0942 e. The number of rotatable bonds is 5. The minimum Gasteiger partial charge on any atom is -0.387 e. The van der Waals surface area contributed by atoms with Gasteiger partial charge in [0.15, 0.2) is 0 Å². The van der Waals surface area contributed by atoms with Crippen LogP contribution in [0, 0.1) is 0 Å². The molecule has 2 rings (SSSR count). The fourth-order valence-electron chi connectivity index (χ4n) is 2.90. The molecule has 1 aromatic carbocycles. The summed E-state index contributed by atoms with van der Waals surface area (Å²) in [6.07, 6.45) is 6.93. The lowest BCUT2D eigenvalue weighted by Crippen LogP contribution is -2.42. The van der Waals surface area contributed by atoms with Gasteiger partial charge in [-0.1, -0.05) is 49.9 Å². The van der Waals surface area contributed by atoms with E-state index >= 15 is 0 Å². The van der Waals surface area contributed by atoms with Crippen LogP contribution in [0.2, 0.25) is 5.02 Å². The third-order valence-electron chi connectivity index (χ3n) is 4.09. The molecule has 19 heavy (non-hydrogen) atoms. The Morgan fingerprint density at radius 1 is 1.21 bits per heavy atom. The van der Waals surface area contributed by atoms with E-state index in [9.17, 15) is 5.11 Å². The maximum absolute atomic E-state index is 10.5. The quantitative estimate of drug-likeness (QED) is 0.852. The van der Waals surface area contributed by atoms with Gasteiger partial charge >= 0.3 is 0 Å². The Kier molecular flexibility index (Phi) is 5.68. The zero-order chi connectivity index (χ0) is 13.7. The third-order valence-corrected chi connectivity index (χ3v) is 4.34. The molecule has 0 spiro atoms. The summed E-state index contributed by atoms with van der Waals surface area (Å²) in [5, 5.41) is 14.8. The molecule has 1 saturated carbocycles. The van der Waals surface area contributed by atoms with Gasteiger partial charge in [-0.2, -0.15) is 0 Å². The van der Waals surface area contributed by atoms with Crippen molar-refractivity contribution in [1.82, 2.24) is 5.32 Å². The van der Waals surface area contributed by atoms with Gasteiger partial charge in [0.25, 0.3) is 0 Å². The first-order chi connectivity index (χ1) is 9.20. The van der Waals surface area contributed by atoms with Gasteiger partial charge in [0.1, 0.15) is 0 Å². The van der Waals surface area contributed by atoms with Gasteiger partial charge in [-0.3, -0.25) is 0 Å². The van der Waals surface area contributed by atoms with Gasteiger partial charge in [0.05, 0.1) is 6.10 Å². The maximum Gasteiger partial charge on any atom is 0.0942 e. The predicted molar refractivity (Wildman–Crippen MR) is 80.5 cm³/mol. The van der Waals surface area contributed by atoms with Crippen molar-refractivity contribution < 1.29 is 5.11 Å². The fourth-order valence-corrected chi connectivity index (χ4v) is 3.02. The van der Waals surface area contributed by atoms with Crippen molar-refractivity contribution in [3.05, 3.63) is 34.9 Å². The highest BCUT2D eigenvalue weighted by atomic mass is 35.5. The Morgan fingerprint density at radius 2 is 1.84 bits per heavy atom. The average molecular weight is 282 g/mol. The summed E-state index contributed by atoms with van der Waals surface area (Å²) < 4.78 is 0. The molecule has 2 N–H and O–H groups in total. The van der Waals surface area contributed by atoms with Gasteiger partial charge in [-0.25, -0.2) is 0 Å². The molecule has 2 atom stereocenters. The molecule has 2 unspecified atom stereocenters. The van der Waals surface area contributed by atoms with Crippen LogP contribution >= 0.6 is 11.6 Å². The molecule has 3 heteroatoms. The van der Waals surface area contributed by atoms with Crippen molar-refractivity contribution in [3.8, 4) is 0 Å². The summed E-state index contributed by atoms with van der Waals surface area (Å²) in [4.78, 5) is 0. The average Bonchev–Trinajstić information content (AvgIpc) is 2.46. The number of benzene rings is 1. The Hall–Kier alpha value is -0.570. The first kappa shape index (κ1) is 14.8. The summed E-state index contributed by atoms with van der Waals surface area (Å²) >= 11 is 5.89. The minimum absolute atomic E-state index is 0.129. The monoisotopic (exact) mass is 281 g/mol. The Morgan fingerprint density at radius 3 is 2.42 bits per heavy atom. The molecule has 0 radical (unpaired) electrons. The highest BCUT2D eigenvalue weighted by molar-refractivity contribution is 6.30. The van der Waals surface area contributed by atoms with E-state index in [0.717, 1.165) is 12.0 Å². The van der Waals surface area contributed by atoms with Crippen molar-refractivity contribution in [2.24, 2.45) is 0 Å². The fraction of sp³-hybridized carbons (Fsp3) is 0.625. The second kappa shape index (κ2) is 7.28. The van der Waals surface area contributed by atoms with Crippen LogP contribution in [-0.2, 0) is 0 Å². The van der Waals surface area contributed by atoms with Crippen LogP contribution in [0.25, 0.3) is 0 Å². The Balaban J connectivity index is 1.97. The summed E-state index contributed by atoms with van der Waals surface area (Å²) in [6.45, 7) is 2.12. The molecular weight excluding hydrogens is 258 g/mol. The molecule has 0 amide bonds. The minimum atomic E-state index is -0.454. The van der Waals surface area contributed by atoms with Crippen LogP contribution < -0.4 is 5.32 Å². The van der Waals surface area contributed by atoms with E-state index in [2.05, 4.69) is 12.2 Å². The van der Waals surface area contributed by atoms with Crippen LogP contribution in [0.15, 0.2) is 24.3 Å². The molecule has 0 bridgehead atoms. The number of hydrogen-bond donors (Lipinski definition) is 2. The standard InChI is InChI=1S/C16H24ClNO/c1-2-15(18-14-6-4-3-5-7-14)16(19)12-8-10-13(17)11-9-12/h8-11,14-16,18-19H,2-7H2,1H3. The molecule has 0 saturated heterocycles. The number of aliphatic hydroxyl groups is 1. The molecule has 0 aromatic heterocycles. The van der Waals surface area contributed by atoms with Crippen LogP contribution in [0.1, 0.15) is 57.1 Å². The van der Waals surface area contributed by atoms with E-state index in [4.69, 9.17) is 11.6 Å². The highest BCUT2D eigenvalue weighted by Gasteiger charge is 2.23. The SMILES string of the molecule is CCC(NC1CCCCC1)C(O)c1ccc(Cl)cc1. The summed E-state index contributed by atoms with van der Waals surface area (Å²) in [7, 11) is 0. The van der Waals surface area contributed by atoms with Crippen molar-refractivity contribution in [1.29, 1.82) is 0 Å². The van der Waals surface area contributed by atoms with E-state index in [1.54, 1.807) is 0 Å². The van der Waals surface area contributed by atoms with Gasteiger partial charge in [0, 0.05) is 17.1 Å². The molecule has 1 fully saturated rings. The molecule has 0 aliphatic heterocycles. The van der Waals surface area contributed by atoms with Crippen LogP contribution in [0.4, 0.5) is 0 Å². The molecule has 0 heterocycles. The second-order valence-corrected chi connectivity index (χ2v) is 5.95. The number of hydrogen-bond acceptors (Lipinski definition) is 2. The van der Waals surface area contributed by atoms with Crippen molar-refractivity contribution >= 4 is 11.6 Å².